The molecular weight excluding hydrogens is 291 g/mol. The van der Waals surface area contributed by atoms with Crippen molar-refractivity contribution < 1.29 is 13.4 Å². The summed E-state index contributed by atoms with van der Waals surface area (Å²) in [6.45, 7) is 1.67. The summed E-state index contributed by atoms with van der Waals surface area (Å²) in [5.41, 5.74) is 6.18. The molecule has 3 N–H and O–H groups in total. The largest absolute Gasteiger partial charge is 0.397 e. The normalized spacial score (nSPS) is 19.0. The van der Waals surface area contributed by atoms with Gasteiger partial charge in [-0.25, -0.2) is 4.39 Å². The topological polar surface area (TPSA) is 72.2 Å². The molecule has 1 aromatic carbocycles. The van der Waals surface area contributed by atoms with Crippen LogP contribution in [-0.2, 0) is 15.6 Å². The summed E-state index contributed by atoms with van der Waals surface area (Å²) in [7, 11) is -1.19. The van der Waals surface area contributed by atoms with Crippen molar-refractivity contribution in [2.24, 2.45) is 0 Å². The Kier molecular flexibility index (Phi) is 5.33. The van der Waals surface area contributed by atoms with Gasteiger partial charge in [-0.2, -0.15) is 0 Å². The molecule has 1 fully saturated rings. The average molecular weight is 312 g/mol. The second kappa shape index (κ2) is 7.02. The van der Waals surface area contributed by atoms with Gasteiger partial charge in [0.2, 0.25) is 5.91 Å². The van der Waals surface area contributed by atoms with Gasteiger partial charge >= 0.3 is 0 Å². The molecule has 116 valence electrons. The van der Waals surface area contributed by atoms with E-state index >= 15 is 0 Å². The van der Waals surface area contributed by atoms with Gasteiger partial charge in [-0.05, 0) is 38.0 Å². The molecule has 1 aliphatic carbocycles. The lowest BCUT2D eigenvalue weighted by molar-refractivity contribution is -0.115. The van der Waals surface area contributed by atoms with E-state index in [1.54, 1.807) is 6.92 Å². The minimum Gasteiger partial charge on any atom is -0.397 e. The maximum Gasteiger partial charge on any atom is 0.239 e. The van der Waals surface area contributed by atoms with Gasteiger partial charge in [-0.3, -0.25) is 9.00 Å². The number of benzene rings is 1. The van der Waals surface area contributed by atoms with Gasteiger partial charge in [-0.15, -0.1) is 0 Å². The van der Waals surface area contributed by atoms with E-state index in [0.717, 1.165) is 31.7 Å². The van der Waals surface area contributed by atoms with Crippen LogP contribution in [0.3, 0.4) is 0 Å². The first kappa shape index (κ1) is 15.9. The first-order valence-electron chi connectivity index (χ1n) is 7.24. The predicted octanol–water partition coefficient (Wildman–Crippen LogP) is 2.82. The van der Waals surface area contributed by atoms with Crippen molar-refractivity contribution in [3.8, 4) is 0 Å². The van der Waals surface area contributed by atoms with E-state index in [-0.39, 0.29) is 16.8 Å². The Balaban J connectivity index is 2.00. The van der Waals surface area contributed by atoms with E-state index in [0.29, 0.717) is 5.69 Å². The average Bonchev–Trinajstić information content (AvgIpc) is 2.49. The van der Waals surface area contributed by atoms with Crippen LogP contribution < -0.4 is 11.1 Å². The van der Waals surface area contributed by atoms with Crippen LogP contribution in [0.4, 0.5) is 15.8 Å². The Labute approximate surface area is 126 Å². The van der Waals surface area contributed by atoms with Gasteiger partial charge in [0.25, 0.3) is 0 Å². The molecule has 6 heteroatoms. The number of hydrogen-bond donors (Lipinski definition) is 2. The van der Waals surface area contributed by atoms with Gasteiger partial charge in [0.05, 0.1) is 11.4 Å². The number of nitrogens with two attached hydrogens (primary N) is 1. The van der Waals surface area contributed by atoms with E-state index in [1.165, 1.54) is 18.6 Å². The zero-order valence-corrected chi connectivity index (χ0v) is 12.9. The molecule has 4 nitrogen and oxygen atoms in total. The van der Waals surface area contributed by atoms with Crippen molar-refractivity contribution in [1.29, 1.82) is 0 Å². The fraction of sp³-hybridized carbons (Fsp3) is 0.533. The van der Waals surface area contributed by atoms with E-state index < -0.39 is 21.9 Å². The van der Waals surface area contributed by atoms with Gasteiger partial charge in [0.1, 0.15) is 11.1 Å². The molecule has 2 unspecified atom stereocenters. The fourth-order valence-corrected chi connectivity index (χ4v) is 4.22. The van der Waals surface area contributed by atoms with Gasteiger partial charge in [0.15, 0.2) is 0 Å². The van der Waals surface area contributed by atoms with Crippen LogP contribution in [0.2, 0.25) is 0 Å². The smallest absolute Gasteiger partial charge is 0.239 e. The summed E-state index contributed by atoms with van der Waals surface area (Å²) < 4.78 is 25.4. The number of nitrogen functional groups attached to an aromatic ring is 1. The van der Waals surface area contributed by atoms with Crippen molar-refractivity contribution in [2.45, 2.75) is 49.5 Å². The molecule has 0 radical (unpaired) electrons. The molecule has 0 heterocycles. The maximum atomic E-state index is 13.0. The molecule has 2 rings (SSSR count). The van der Waals surface area contributed by atoms with E-state index in [1.807, 2.05) is 0 Å². The highest BCUT2D eigenvalue weighted by Crippen LogP contribution is 2.25. The third kappa shape index (κ3) is 4.03. The highest BCUT2D eigenvalue weighted by atomic mass is 32.2. The lowest BCUT2D eigenvalue weighted by atomic mass is 10.0. The van der Waals surface area contributed by atoms with Crippen LogP contribution in [-0.4, -0.2) is 20.6 Å². The van der Waals surface area contributed by atoms with Gasteiger partial charge in [-0.1, -0.05) is 19.3 Å². The van der Waals surface area contributed by atoms with Crippen LogP contribution in [0.5, 0.6) is 0 Å². The number of amides is 1. The molecule has 1 amide bonds. The summed E-state index contributed by atoms with van der Waals surface area (Å²) in [4.78, 5) is 12.2. The molecule has 1 saturated carbocycles. The Morgan fingerprint density at radius 2 is 2.05 bits per heavy atom. The van der Waals surface area contributed by atoms with Crippen LogP contribution in [0.1, 0.15) is 39.0 Å². The molecule has 2 atom stereocenters. The highest BCUT2D eigenvalue weighted by Gasteiger charge is 2.28. The van der Waals surface area contributed by atoms with Crippen molar-refractivity contribution in [2.75, 3.05) is 11.1 Å². The van der Waals surface area contributed by atoms with Crippen LogP contribution in [0.15, 0.2) is 18.2 Å². The number of halogens is 1. The number of anilines is 2. The zero-order chi connectivity index (χ0) is 15.4. The monoisotopic (exact) mass is 312 g/mol. The van der Waals surface area contributed by atoms with Crippen molar-refractivity contribution in [1.82, 2.24) is 0 Å². The lowest BCUT2D eigenvalue weighted by Gasteiger charge is -2.24. The summed E-state index contributed by atoms with van der Waals surface area (Å²) in [6.07, 6.45) is 5.18. The summed E-state index contributed by atoms with van der Waals surface area (Å²) in [6, 6.07) is 3.80. The van der Waals surface area contributed by atoms with Crippen LogP contribution >= 0.6 is 0 Å². The zero-order valence-electron chi connectivity index (χ0n) is 12.1. The van der Waals surface area contributed by atoms with Crippen molar-refractivity contribution in [3.05, 3.63) is 24.0 Å². The number of rotatable bonds is 4. The Hall–Kier alpha value is -1.43. The molecular formula is C15H21FN2O2S. The van der Waals surface area contributed by atoms with E-state index in [4.69, 9.17) is 5.73 Å². The van der Waals surface area contributed by atoms with Crippen molar-refractivity contribution in [3.63, 3.8) is 0 Å². The van der Waals surface area contributed by atoms with E-state index in [9.17, 15) is 13.4 Å². The molecule has 1 aromatic rings. The van der Waals surface area contributed by atoms with Crippen molar-refractivity contribution >= 4 is 28.1 Å². The summed E-state index contributed by atoms with van der Waals surface area (Å²) >= 11 is 0. The molecule has 0 spiro atoms. The molecule has 0 bridgehead atoms. The standard InChI is InChI=1S/C15H21FN2O2S/c1-10(21(20)12-5-3-2-4-6-12)15(19)18-14-8-7-11(16)9-13(14)17/h7-10,12H,2-6,17H2,1H3,(H,18,19). The third-order valence-corrected chi connectivity index (χ3v) is 5.91. The lowest BCUT2D eigenvalue weighted by Crippen LogP contribution is -2.35. The summed E-state index contributed by atoms with van der Waals surface area (Å²) in [5, 5.41) is 2.14. The molecule has 21 heavy (non-hydrogen) atoms. The first-order valence-corrected chi connectivity index (χ1v) is 8.52. The molecule has 1 aliphatic rings. The van der Waals surface area contributed by atoms with Gasteiger partial charge < -0.3 is 11.1 Å². The number of nitrogens with one attached hydrogen (secondary N) is 1. The van der Waals surface area contributed by atoms with Crippen LogP contribution in [0, 0.1) is 5.82 Å². The number of carbonyl (C=O) groups excluding carboxylic acids is 1. The minimum absolute atomic E-state index is 0.102. The molecule has 0 saturated heterocycles. The highest BCUT2D eigenvalue weighted by molar-refractivity contribution is 7.87. The minimum atomic E-state index is -1.19. The maximum absolute atomic E-state index is 13.0. The Morgan fingerprint density at radius 1 is 1.38 bits per heavy atom. The number of hydrogen-bond acceptors (Lipinski definition) is 3. The third-order valence-electron chi connectivity index (χ3n) is 3.87. The number of carbonyl (C=O) groups is 1. The Bertz CT molecular complexity index is 544. The first-order chi connectivity index (χ1) is 9.99. The fourth-order valence-electron chi connectivity index (χ4n) is 2.57. The van der Waals surface area contributed by atoms with E-state index in [2.05, 4.69) is 5.32 Å². The second-order valence-electron chi connectivity index (χ2n) is 5.45. The quantitative estimate of drug-likeness (QED) is 0.840. The molecule has 0 aliphatic heterocycles. The predicted molar refractivity (Wildman–Crippen MR) is 83.9 cm³/mol. The van der Waals surface area contributed by atoms with Gasteiger partial charge in [0, 0.05) is 16.0 Å². The summed E-state index contributed by atoms with van der Waals surface area (Å²) in [5.74, 6) is -0.790. The SMILES string of the molecule is CC(C(=O)Nc1ccc(F)cc1N)S(=O)C1CCCCC1. The Morgan fingerprint density at radius 3 is 2.67 bits per heavy atom. The van der Waals surface area contributed by atoms with Crippen LogP contribution in [0.25, 0.3) is 0 Å². The second-order valence-corrected chi connectivity index (χ2v) is 7.48. The molecule has 0 aromatic heterocycles.